The van der Waals surface area contributed by atoms with Crippen LogP contribution in [-0.4, -0.2) is 30.8 Å². The van der Waals surface area contributed by atoms with Gasteiger partial charge in [-0.2, -0.15) is 5.10 Å². The van der Waals surface area contributed by atoms with Crippen molar-refractivity contribution in [2.75, 3.05) is 6.61 Å². The Balaban J connectivity index is 2.32. The zero-order valence-electron chi connectivity index (χ0n) is 12.0. The SMILES string of the molecule is CCOC(=O)c1nn(C)c2c1CS(=O)(=O)c1c(Br)cccc1-2. The van der Waals surface area contributed by atoms with Gasteiger partial charge < -0.3 is 4.74 Å². The van der Waals surface area contributed by atoms with Gasteiger partial charge in [0.25, 0.3) is 0 Å². The van der Waals surface area contributed by atoms with Crippen molar-refractivity contribution in [3.8, 4) is 11.3 Å². The number of benzene rings is 1. The zero-order chi connectivity index (χ0) is 16.1. The second-order valence-corrected chi connectivity index (χ2v) is 7.68. The van der Waals surface area contributed by atoms with Crippen molar-refractivity contribution in [3.63, 3.8) is 0 Å². The Bertz CT molecular complexity index is 886. The van der Waals surface area contributed by atoms with Gasteiger partial charge in [0.15, 0.2) is 15.5 Å². The molecule has 3 rings (SSSR count). The first-order valence-corrected chi connectivity index (χ1v) is 9.06. The first kappa shape index (κ1) is 15.2. The molecule has 0 saturated carbocycles. The quantitative estimate of drug-likeness (QED) is 0.742. The lowest BCUT2D eigenvalue weighted by atomic mass is 10.1. The van der Waals surface area contributed by atoms with Crippen molar-refractivity contribution < 1.29 is 17.9 Å². The molecule has 6 nitrogen and oxygen atoms in total. The van der Waals surface area contributed by atoms with E-state index in [0.29, 0.717) is 21.3 Å². The number of nitrogens with zero attached hydrogens (tertiary/aromatic N) is 2. The summed E-state index contributed by atoms with van der Waals surface area (Å²) in [5, 5.41) is 4.17. The van der Waals surface area contributed by atoms with E-state index in [1.54, 1.807) is 32.2 Å². The summed E-state index contributed by atoms with van der Waals surface area (Å²) in [4.78, 5) is 12.3. The number of sulfone groups is 1. The third-order valence-corrected chi connectivity index (χ3v) is 6.14. The van der Waals surface area contributed by atoms with Gasteiger partial charge in [-0.3, -0.25) is 4.68 Å². The molecular formula is C14H13BrN2O4S. The van der Waals surface area contributed by atoms with Crippen LogP contribution in [0.1, 0.15) is 23.0 Å². The zero-order valence-corrected chi connectivity index (χ0v) is 14.4. The van der Waals surface area contributed by atoms with Gasteiger partial charge in [-0.05, 0) is 28.9 Å². The number of hydrogen-bond donors (Lipinski definition) is 0. The summed E-state index contributed by atoms with van der Waals surface area (Å²) in [6.45, 7) is 1.90. The number of ether oxygens (including phenoxy) is 1. The fourth-order valence-electron chi connectivity index (χ4n) is 2.68. The van der Waals surface area contributed by atoms with Crippen molar-refractivity contribution >= 4 is 31.7 Å². The fourth-order valence-corrected chi connectivity index (χ4v) is 5.45. The lowest BCUT2D eigenvalue weighted by molar-refractivity contribution is 0.0517. The summed E-state index contributed by atoms with van der Waals surface area (Å²) in [6.07, 6.45) is 0. The summed E-state index contributed by atoms with van der Waals surface area (Å²) in [5.41, 5.74) is 1.63. The summed E-state index contributed by atoms with van der Waals surface area (Å²) >= 11 is 3.29. The van der Waals surface area contributed by atoms with E-state index in [1.807, 2.05) is 0 Å². The first-order valence-electron chi connectivity index (χ1n) is 6.61. The lowest BCUT2D eigenvalue weighted by Gasteiger charge is -2.19. The number of carbonyl (C=O) groups is 1. The van der Waals surface area contributed by atoms with E-state index in [4.69, 9.17) is 4.74 Å². The maximum atomic E-state index is 12.6. The number of rotatable bonds is 2. The first-order chi connectivity index (χ1) is 10.4. The number of aryl methyl sites for hydroxylation is 1. The minimum absolute atomic E-state index is 0.0635. The van der Waals surface area contributed by atoms with Gasteiger partial charge >= 0.3 is 5.97 Å². The molecule has 22 heavy (non-hydrogen) atoms. The highest BCUT2D eigenvalue weighted by atomic mass is 79.9. The highest BCUT2D eigenvalue weighted by Crippen LogP contribution is 2.42. The van der Waals surface area contributed by atoms with Crippen LogP contribution in [-0.2, 0) is 27.4 Å². The van der Waals surface area contributed by atoms with Gasteiger partial charge in [0.1, 0.15) is 0 Å². The average molecular weight is 385 g/mol. The van der Waals surface area contributed by atoms with E-state index >= 15 is 0 Å². The minimum Gasteiger partial charge on any atom is -0.461 e. The Kier molecular flexibility index (Phi) is 3.60. The maximum absolute atomic E-state index is 12.6. The van der Waals surface area contributed by atoms with Crippen LogP contribution in [0.15, 0.2) is 27.6 Å². The highest BCUT2D eigenvalue weighted by molar-refractivity contribution is 9.10. The molecule has 2 aromatic rings. The third-order valence-electron chi connectivity index (χ3n) is 3.48. The largest absolute Gasteiger partial charge is 0.461 e. The highest BCUT2D eigenvalue weighted by Gasteiger charge is 2.36. The second kappa shape index (κ2) is 5.20. The van der Waals surface area contributed by atoms with Crippen molar-refractivity contribution in [2.45, 2.75) is 17.6 Å². The summed E-state index contributed by atoms with van der Waals surface area (Å²) < 4.78 is 32.2. The molecule has 0 radical (unpaired) electrons. The average Bonchev–Trinajstić information content (AvgIpc) is 2.75. The molecule has 0 fully saturated rings. The van der Waals surface area contributed by atoms with Crippen molar-refractivity contribution in [1.82, 2.24) is 9.78 Å². The number of hydrogen-bond acceptors (Lipinski definition) is 5. The van der Waals surface area contributed by atoms with Crippen LogP contribution in [0.25, 0.3) is 11.3 Å². The topological polar surface area (TPSA) is 78.3 Å². The molecular weight excluding hydrogens is 372 g/mol. The molecule has 0 saturated heterocycles. The second-order valence-electron chi connectivity index (χ2n) is 4.90. The monoisotopic (exact) mass is 384 g/mol. The van der Waals surface area contributed by atoms with Crippen LogP contribution in [0.4, 0.5) is 0 Å². The number of fused-ring (bicyclic) bond motifs is 3. The molecule has 0 aliphatic carbocycles. The van der Waals surface area contributed by atoms with Crippen LogP contribution in [0, 0.1) is 0 Å². The van der Waals surface area contributed by atoms with Gasteiger partial charge in [-0.15, -0.1) is 0 Å². The molecule has 0 N–H and O–H groups in total. The van der Waals surface area contributed by atoms with Crippen LogP contribution in [0.2, 0.25) is 0 Å². The Morgan fingerprint density at radius 2 is 2.18 bits per heavy atom. The Morgan fingerprint density at radius 3 is 2.86 bits per heavy atom. The van der Waals surface area contributed by atoms with Gasteiger partial charge in [0.05, 0.1) is 22.9 Å². The van der Waals surface area contributed by atoms with Crippen LogP contribution in [0.5, 0.6) is 0 Å². The normalized spacial score (nSPS) is 15.0. The molecule has 2 heterocycles. The number of esters is 1. The van der Waals surface area contributed by atoms with E-state index < -0.39 is 15.8 Å². The summed E-state index contributed by atoms with van der Waals surface area (Å²) in [6, 6.07) is 5.15. The van der Waals surface area contributed by atoms with E-state index in [-0.39, 0.29) is 22.9 Å². The third kappa shape index (κ3) is 2.17. The summed E-state index contributed by atoms with van der Waals surface area (Å²) in [7, 11) is -1.87. The van der Waals surface area contributed by atoms with Crippen LogP contribution >= 0.6 is 15.9 Å². The predicted octanol–water partition coefficient (Wildman–Crippen LogP) is 2.31. The van der Waals surface area contributed by atoms with Gasteiger partial charge in [-0.1, -0.05) is 12.1 Å². The molecule has 0 bridgehead atoms. The molecule has 1 aliphatic rings. The fraction of sp³-hybridized carbons (Fsp3) is 0.286. The van der Waals surface area contributed by atoms with Gasteiger partial charge in [0, 0.05) is 22.6 Å². The van der Waals surface area contributed by atoms with Gasteiger partial charge in [0.2, 0.25) is 0 Å². The molecule has 0 amide bonds. The smallest absolute Gasteiger partial charge is 0.359 e. The van der Waals surface area contributed by atoms with E-state index in [0.717, 1.165) is 0 Å². The molecule has 0 atom stereocenters. The van der Waals surface area contributed by atoms with E-state index in [1.165, 1.54) is 4.68 Å². The Hall–Kier alpha value is -1.67. The van der Waals surface area contributed by atoms with Crippen molar-refractivity contribution in [1.29, 1.82) is 0 Å². The molecule has 0 spiro atoms. The van der Waals surface area contributed by atoms with Crippen molar-refractivity contribution in [2.24, 2.45) is 7.05 Å². The number of carbonyl (C=O) groups excluding carboxylic acids is 1. The minimum atomic E-state index is -3.55. The molecule has 8 heteroatoms. The molecule has 1 aromatic heterocycles. The van der Waals surface area contributed by atoms with Crippen molar-refractivity contribution in [3.05, 3.63) is 33.9 Å². The van der Waals surface area contributed by atoms with Gasteiger partial charge in [-0.25, -0.2) is 13.2 Å². The number of halogens is 1. The standard InChI is InChI=1S/C14H13BrN2O4S/c1-3-21-14(18)11-9-7-22(19,20)13-8(5-4-6-10(13)15)12(9)17(2)16-11/h4-6H,3,7H2,1-2H3. The van der Waals surface area contributed by atoms with Crippen LogP contribution in [0.3, 0.4) is 0 Å². The number of aromatic nitrogens is 2. The maximum Gasteiger partial charge on any atom is 0.359 e. The molecule has 116 valence electrons. The summed E-state index contributed by atoms with van der Waals surface area (Å²) in [5.74, 6) is -0.868. The molecule has 1 aromatic carbocycles. The molecule has 0 unspecified atom stereocenters. The van der Waals surface area contributed by atoms with E-state index in [2.05, 4.69) is 21.0 Å². The Morgan fingerprint density at radius 1 is 1.45 bits per heavy atom. The predicted molar refractivity (Wildman–Crippen MR) is 83.2 cm³/mol. The Labute approximate surface area is 136 Å². The van der Waals surface area contributed by atoms with Crippen LogP contribution < -0.4 is 0 Å². The lowest BCUT2D eigenvalue weighted by Crippen LogP contribution is -2.16. The molecule has 1 aliphatic heterocycles. The van der Waals surface area contributed by atoms with E-state index in [9.17, 15) is 13.2 Å².